The van der Waals surface area contributed by atoms with E-state index in [1.165, 1.54) is 37.0 Å². The van der Waals surface area contributed by atoms with Crippen molar-refractivity contribution in [1.29, 1.82) is 0 Å². The fourth-order valence-corrected chi connectivity index (χ4v) is 4.42. The number of likely N-dealkylation sites (N-methyl/N-ethyl adjacent to an activating group) is 3. The van der Waals surface area contributed by atoms with E-state index < -0.39 is 29.7 Å². The van der Waals surface area contributed by atoms with Crippen LogP contribution >= 0.6 is 0 Å². The Morgan fingerprint density at radius 2 is 1.57 bits per heavy atom. The third-order valence-corrected chi connectivity index (χ3v) is 6.80. The van der Waals surface area contributed by atoms with Gasteiger partial charge in [-0.05, 0) is 47.9 Å². The molecule has 0 saturated carbocycles. The number of nitrogens with two attached hydrogens (primary N) is 1. The first-order valence-corrected chi connectivity index (χ1v) is 13.2. The summed E-state index contributed by atoms with van der Waals surface area (Å²) in [6.07, 6.45) is 0.574. The summed E-state index contributed by atoms with van der Waals surface area (Å²) in [5, 5.41) is 2.56. The number of nitrogens with zero attached hydrogens (tertiary/aromatic N) is 2. The van der Waals surface area contributed by atoms with Gasteiger partial charge in [0.05, 0.1) is 13.2 Å². The summed E-state index contributed by atoms with van der Waals surface area (Å²) in [4.78, 5) is 42.9. The van der Waals surface area contributed by atoms with Gasteiger partial charge in [-0.25, -0.2) is 4.39 Å². The Morgan fingerprint density at radius 1 is 0.900 bits per heavy atom. The first-order chi connectivity index (χ1) is 19.3. The normalized spacial score (nSPS) is 12.3. The van der Waals surface area contributed by atoms with E-state index in [4.69, 9.17) is 10.5 Å². The fraction of sp³-hybridized carbons (Fsp3) is 0.323. The zero-order valence-electron chi connectivity index (χ0n) is 23.2. The molecule has 3 aromatic rings. The third kappa shape index (κ3) is 7.97. The highest BCUT2D eigenvalue weighted by atomic mass is 19.1. The molecule has 3 amide bonds. The summed E-state index contributed by atoms with van der Waals surface area (Å²) in [6.45, 7) is 0.565. The Bertz CT molecular complexity index is 1290. The lowest BCUT2D eigenvalue weighted by Crippen LogP contribution is -2.56. The molecule has 0 aliphatic heterocycles. The summed E-state index contributed by atoms with van der Waals surface area (Å²) in [7, 11) is 4.47. The molecule has 0 heterocycles. The Hall–Kier alpha value is -4.08. The van der Waals surface area contributed by atoms with Crippen molar-refractivity contribution in [3.63, 3.8) is 0 Å². The third-order valence-electron chi connectivity index (χ3n) is 6.80. The van der Waals surface area contributed by atoms with Crippen molar-refractivity contribution < 1.29 is 23.5 Å². The number of nitrogens with one attached hydrogen (secondary N) is 1. The van der Waals surface area contributed by atoms with Crippen LogP contribution in [0.1, 0.15) is 27.0 Å². The zero-order valence-corrected chi connectivity index (χ0v) is 23.2. The molecular weight excluding hydrogens is 511 g/mol. The van der Waals surface area contributed by atoms with E-state index in [-0.39, 0.29) is 25.5 Å². The molecule has 3 rings (SSSR count). The van der Waals surface area contributed by atoms with Gasteiger partial charge in [-0.1, -0.05) is 60.7 Å². The quantitative estimate of drug-likeness (QED) is 0.342. The molecule has 0 aliphatic carbocycles. The van der Waals surface area contributed by atoms with Crippen LogP contribution in [0.3, 0.4) is 0 Å². The lowest BCUT2D eigenvalue weighted by atomic mass is 10.0. The Morgan fingerprint density at radius 3 is 2.25 bits per heavy atom. The van der Waals surface area contributed by atoms with Crippen molar-refractivity contribution in [2.45, 2.75) is 31.5 Å². The molecule has 0 unspecified atom stereocenters. The number of amides is 3. The van der Waals surface area contributed by atoms with E-state index in [1.807, 2.05) is 36.4 Å². The summed E-state index contributed by atoms with van der Waals surface area (Å²) in [6, 6.07) is 20.6. The van der Waals surface area contributed by atoms with Crippen LogP contribution in [0.25, 0.3) is 0 Å². The van der Waals surface area contributed by atoms with Gasteiger partial charge in [-0.15, -0.1) is 0 Å². The van der Waals surface area contributed by atoms with E-state index in [2.05, 4.69) is 5.32 Å². The SMILES string of the molecule is CNC(=O)[C@@H](Cc1ccccc1F)N(C)C(=O)[C@@H](COCc1ccccc1)N(C)C(=O)c1cccc(CCN)c1. The second-order valence-corrected chi connectivity index (χ2v) is 9.55. The molecule has 0 radical (unpaired) electrons. The molecule has 40 heavy (non-hydrogen) atoms. The van der Waals surface area contributed by atoms with Crippen LogP contribution in [0.2, 0.25) is 0 Å². The molecule has 0 bridgehead atoms. The largest absolute Gasteiger partial charge is 0.374 e. The van der Waals surface area contributed by atoms with Crippen LogP contribution in [0.4, 0.5) is 4.39 Å². The minimum atomic E-state index is -1.05. The van der Waals surface area contributed by atoms with Crippen LogP contribution in [-0.2, 0) is 33.8 Å². The molecule has 8 nitrogen and oxygen atoms in total. The van der Waals surface area contributed by atoms with Gasteiger partial charge in [0.2, 0.25) is 11.8 Å². The fourth-order valence-electron chi connectivity index (χ4n) is 4.42. The minimum absolute atomic E-state index is 0.0367. The predicted molar refractivity (Wildman–Crippen MR) is 152 cm³/mol. The van der Waals surface area contributed by atoms with Gasteiger partial charge in [0.1, 0.15) is 17.9 Å². The molecule has 212 valence electrons. The van der Waals surface area contributed by atoms with Crippen molar-refractivity contribution in [2.75, 3.05) is 34.3 Å². The molecule has 3 N–H and O–H groups in total. The van der Waals surface area contributed by atoms with Crippen LogP contribution in [0, 0.1) is 5.82 Å². The van der Waals surface area contributed by atoms with Crippen LogP contribution < -0.4 is 11.1 Å². The van der Waals surface area contributed by atoms with E-state index in [1.54, 1.807) is 36.4 Å². The van der Waals surface area contributed by atoms with Gasteiger partial charge in [0, 0.05) is 33.1 Å². The highest BCUT2D eigenvalue weighted by molar-refractivity contribution is 5.98. The molecule has 0 aromatic heterocycles. The van der Waals surface area contributed by atoms with Gasteiger partial charge in [0.15, 0.2) is 0 Å². The van der Waals surface area contributed by atoms with E-state index >= 15 is 0 Å². The van der Waals surface area contributed by atoms with Gasteiger partial charge in [-0.2, -0.15) is 0 Å². The van der Waals surface area contributed by atoms with E-state index in [0.29, 0.717) is 24.1 Å². The topological polar surface area (TPSA) is 105 Å². The number of benzene rings is 3. The number of carbonyl (C=O) groups is 3. The highest BCUT2D eigenvalue weighted by Gasteiger charge is 2.35. The van der Waals surface area contributed by atoms with Crippen LogP contribution in [0.15, 0.2) is 78.9 Å². The van der Waals surface area contributed by atoms with Gasteiger partial charge in [-0.3, -0.25) is 14.4 Å². The maximum Gasteiger partial charge on any atom is 0.254 e. The lowest BCUT2D eigenvalue weighted by Gasteiger charge is -2.34. The molecule has 0 fully saturated rings. The Labute approximate surface area is 234 Å². The van der Waals surface area contributed by atoms with Crippen molar-refractivity contribution in [1.82, 2.24) is 15.1 Å². The molecular formula is C31H37FN4O4. The van der Waals surface area contributed by atoms with Gasteiger partial charge >= 0.3 is 0 Å². The summed E-state index contributed by atoms with van der Waals surface area (Å²) in [5.74, 6) is -1.80. The molecule has 2 atom stereocenters. The van der Waals surface area contributed by atoms with Gasteiger partial charge in [0.25, 0.3) is 5.91 Å². The Kier molecular flexibility index (Phi) is 11.4. The average molecular weight is 549 g/mol. The first kappa shape index (κ1) is 30.5. The summed E-state index contributed by atoms with van der Waals surface area (Å²) in [5.41, 5.74) is 8.21. The first-order valence-electron chi connectivity index (χ1n) is 13.2. The zero-order chi connectivity index (χ0) is 29.1. The van der Waals surface area contributed by atoms with Crippen molar-refractivity contribution in [3.8, 4) is 0 Å². The number of rotatable bonds is 13. The highest BCUT2D eigenvalue weighted by Crippen LogP contribution is 2.17. The second-order valence-electron chi connectivity index (χ2n) is 9.55. The summed E-state index contributed by atoms with van der Waals surface area (Å²) < 4.78 is 20.4. The summed E-state index contributed by atoms with van der Waals surface area (Å²) >= 11 is 0. The van der Waals surface area contributed by atoms with Crippen LogP contribution in [0.5, 0.6) is 0 Å². The lowest BCUT2D eigenvalue weighted by molar-refractivity contribution is -0.143. The standard InChI is InChI=1S/C31H37FN4O4/c1-34-29(37)27(19-24-13-7-8-15-26(24)32)35(2)31(39)28(21-40-20-23-10-5-4-6-11-23)36(3)30(38)25-14-9-12-22(18-25)16-17-33/h4-15,18,27-28H,16-17,19-21,33H2,1-3H3,(H,34,37)/t27-,28-/m1/s1. The smallest absolute Gasteiger partial charge is 0.254 e. The number of halogens is 1. The predicted octanol–water partition coefficient (Wildman–Crippen LogP) is 2.80. The maximum atomic E-state index is 14.5. The van der Waals surface area contributed by atoms with Gasteiger partial charge < -0.3 is 25.6 Å². The minimum Gasteiger partial charge on any atom is -0.374 e. The number of ether oxygens (including phenoxy) is 1. The molecule has 3 aromatic carbocycles. The Balaban J connectivity index is 1.88. The van der Waals surface area contributed by atoms with Crippen molar-refractivity contribution >= 4 is 17.7 Å². The molecule has 9 heteroatoms. The van der Waals surface area contributed by atoms with E-state index in [9.17, 15) is 18.8 Å². The van der Waals surface area contributed by atoms with Crippen molar-refractivity contribution in [3.05, 3.63) is 107 Å². The maximum absolute atomic E-state index is 14.5. The van der Waals surface area contributed by atoms with Crippen molar-refractivity contribution in [2.24, 2.45) is 5.73 Å². The second kappa shape index (κ2) is 14.9. The molecule has 0 saturated heterocycles. The number of hydrogen-bond acceptors (Lipinski definition) is 5. The monoisotopic (exact) mass is 548 g/mol. The average Bonchev–Trinajstić information content (AvgIpc) is 2.98. The number of carbonyl (C=O) groups excluding carboxylic acids is 3. The molecule has 0 spiro atoms. The van der Waals surface area contributed by atoms with E-state index in [0.717, 1.165) is 11.1 Å². The number of hydrogen-bond donors (Lipinski definition) is 2. The molecule has 0 aliphatic rings. The van der Waals surface area contributed by atoms with Crippen LogP contribution in [-0.4, -0.2) is 73.9 Å².